The molecule has 1 amide bonds. The second-order valence-electron chi connectivity index (χ2n) is 5.79. The molecule has 108 valence electrons. The smallest absolute Gasteiger partial charge is 0.274 e. The van der Waals surface area contributed by atoms with Crippen molar-refractivity contribution < 1.29 is 4.79 Å². The topological polar surface area (TPSA) is 58.1 Å². The average molecular weight is 274 g/mol. The molecule has 1 aromatic heterocycles. The molecular weight excluding hydrogens is 252 g/mol. The highest BCUT2D eigenvalue weighted by atomic mass is 16.2. The van der Waals surface area contributed by atoms with E-state index in [0.717, 1.165) is 19.4 Å². The Morgan fingerprint density at radius 3 is 2.65 bits per heavy atom. The molecule has 0 spiro atoms. The monoisotopic (exact) mass is 274 g/mol. The molecular formula is C15H22N4O. The Labute approximate surface area is 119 Å². The summed E-state index contributed by atoms with van der Waals surface area (Å²) in [6, 6.07) is 0.427. The lowest BCUT2D eigenvalue weighted by atomic mass is 9.96. The van der Waals surface area contributed by atoms with Gasteiger partial charge in [0.15, 0.2) is 0 Å². The minimum Gasteiger partial charge on any atom is -0.372 e. The third-order valence-electron chi connectivity index (χ3n) is 4.63. The Balaban J connectivity index is 1.74. The van der Waals surface area contributed by atoms with Crippen LogP contribution in [0, 0.1) is 5.92 Å². The predicted octanol–water partition coefficient (Wildman–Crippen LogP) is 2.31. The van der Waals surface area contributed by atoms with Crippen LogP contribution in [0.5, 0.6) is 0 Å². The van der Waals surface area contributed by atoms with Gasteiger partial charge in [0.1, 0.15) is 11.5 Å². The highest BCUT2D eigenvalue weighted by Crippen LogP contribution is 2.35. The molecule has 0 radical (unpaired) electrons. The second-order valence-corrected chi connectivity index (χ2v) is 5.79. The van der Waals surface area contributed by atoms with Crippen molar-refractivity contribution in [2.24, 2.45) is 5.92 Å². The second kappa shape index (κ2) is 5.77. The average Bonchev–Trinajstić information content (AvgIpc) is 3.16. The Kier molecular flexibility index (Phi) is 3.85. The molecule has 1 unspecified atom stereocenters. The molecule has 5 nitrogen and oxygen atoms in total. The van der Waals surface area contributed by atoms with Crippen molar-refractivity contribution >= 4 is 11.7 Å². The highest BCUT2D eigenvalue weighted by molar-refractivity contribution is 5.92. The van der Waals surface area contributed by atoms with Crippen molar-refractivity contribution in [3.05, 3.63) is 18.1 Å². The SMILES string of the molecule is CNc1cnc(C(=O)N2CCCC2C2CCCC2)cn1. The third kappa shape index (κ3) is 2.49. The van der Waals surface area contributed by atoms with Crippen LogP contribution in [0.3, 0.4) is 0 Å². The van der Waals surface area contributed by atoms with Crippen LogP contribution >= 0.6 is 0 Å². The van der Waals surface area contributed by atoms with Crippen LogP contribution in [0.25, 0.3) is 0 Å². The summed E-state index contributed by atoms with van der Waals surface area (Å²) in [5, 5.41) is 2.92. The van der Waals surface area contributed by atoms with E-state index in [1.165, 1.54) is 25.7 Å². The lowest BCUT2D eigenvalue weighted by Gasteiger charge is -2.29. The summed E-state index contributed by atoms with van der Waals surface area (Å²) in [4.78, 5) is 23.1. The molecule has 0 bridgehead atoms. The van der Waals surface area contributed by atoms with Gasteiger partial charge in [0.2, 0.25) is 0 Å². The summed E-state index contributed by atoms with van der Waals surface area (Å²) < 4.78 is 0. The molecule has 1 aromatic rings. The fourth-order valence-corrected chi connectivity index (χ4v) is 3.59. The lowest BCUT2D eigenvalue weighted by molar-refractivity contribution is 0.0682. The quantitative estimate of drug-likeness (QED) is 0.919. The maximum Gasteiger partial charge on any atom is 0.274 e. The number of carbonyl (C=O) groups is 1. The van der Waals surface area contributed by atoms with Crippen LogP contribution in [-0.4, -0.2) is 40.4 Å². The molecule has 1 atom stereocenters. The van der Waals surface area contributed by atoms with Crippen LogP contribution in [0.1, 0.15) is 49.0 Å². The number of hydrogen-bond acceptors (Lipinski definition) is 4. The number of likely N-dealkylation sites (tertiary alicyclic amines) is 1. The molecule has 1 aliphatic carbocycles. The maximum atomic E-state index is 12.6. The fraction of sp³-hybridized carbons (Fsp3) is 0.667. The van der Waals surface area contributed by atoms with Gasteiger partial charge < -0.3 is 10.2 Å². The summed E-state index contributed by atoms with van der Waals surface area (Å²) in [5.74, 6) is 1.44. The first-order valence-corrected chi connectivity index (χ1v) is 7.60. The van der Waals surface area contributed by atoms with Gasteiger partial charge in [0.05, 0.1) is 12.4 Å². The number of aromatic nitrogens is 2. The van der Waals surface area contributed by atoms with E-state index in [1.54, 1.807) is 19.4 Å². The Morgan fingerprint density at radius 2 is 2.00 bits per heavy atom. The highest BCUT2D eigenvalue weighted by Gasteiger charge is 2.36. The first-order chi connectivity index (χ1) is 9.79. The van der Waals surface area contributed by atoms with Crippen LogP contribution in [0.4, 0.5) is 5.82 Å². The summed E-state index contributed by atoms with van der Waals surface area (Å²) in [5.41, 5.74) is 0.467. The zero-order valence-corrected chi connectivity index (χ0v) is 12.0. The number of nitrogens with zero attached hydrogens (tertiary/aromatic N) is 3. The zero-order chi connectivity index (χ0) is 13.9. The molecule has 0 aromatic carbocycles. The number of anilines is 1. The van der Waals surface area contributed by atoms with E-state index in [0.29, 0.717) is 23.5 Å². The lowest BCUT2D eigenvalue weighted by Crippen LogP contribution is -2.39. The van der Waals surface area contributed by atoms with Crippen molar-refractivity contribution in [3.63, 3.8) is 0 Å². The number of carbonyl (C=O) groups excluding carboxylic acids is 1. The van der Waals surface area contributed by atoms with Gasteiger partial charge in [-0.2, -0.15) is 0 Å². The molecule has 2 aliphatic rings. The first-order valence-electron chi connectivity index (χ1n) is 7.60. The van der Waals surface area contributed by atoms with Crippen LogP contribution in [-0.2, 0) is 0 Å². The minimum absolute atomic E-state index is 0.0505. The first kappa shape index (κ1) is 13.3. The third-order valence-corrected chi connectivity index (χ3v) is 4.63. The summed E-state index contributed by atoms with van der Waals surface area (Å²) in [6.07, 6.45) is 10.7. The molecule has 1 saturated carbocycles. The standard InChI is InChI=1S/C15H22N4O/c1-16-14-10-17-12(9-18-14)15(20)19-8-4-7-13(19)11-5-2-3-6-11/h9-11,13H,2-8H2,1H3,(H,16,18). The van der Waals surface area contributed by atoms with E-state index in [2.05, 4.69) is 15.3 Å². The van der Waals surface area contributed by atoms with Gasteiger partial charge >= 0.3 is 0 Å². The van der Waals surface area contributed by atoms with Gasteiger partial charge in [-0.05, 0) is 31.6 Å². The van der Waals surface area contributed by atoms with Gasteiger partial charge in [-0.1, -0.05) is 12.8 Å². The predicted molar refractivity (Wildman–Crippen MR) is 77.6 cm³/mol. The summed E-state index contributed by atoms with van der Waals surface area (Å²) >= 11 is 0. The maximum absolute atomic E-state index is 12.6. The minimum atomic E-state index is 0.0505. The number of hydrogen-bond donors (Lipinski definition) is 1. The Hall–Kier alpha value is -1.65. The molecule has 2 fully saturated rings. The molecule has 1 saturated heterocycles. The van der Waals surface area contributed by atoms with Crippen molar-refractivity contribution in [1.82, 2.24) is 14.9 Å². The zero-order valence-electron chi connectivity index (χ0n) is 12.0. The van der Waals surface area contributed by atoms with Crippen molar-refractivity contribution in [2.45, 2.75) is 44.6 Å². The van der Waals surface area contributed by atoms with E-state index in [-0.39, 0.29) is 5.91 Å². The van der Waals surface area contributed by atoms with Gasteiger partial charge in [-0.25, -0.2) is 9.97 Å². The Morgan fingerprint density at radius 1 is 1.20 bits per heavy atom. The Bertz CT molecular complexity index is 467. The largest absolute Gasteiger partial charge is 0.372 e. The summed E-state index contributed by atoms with van der Waals surface area (Å²) in [7, 11) is 1.79. The normalized spacial score (nSPS) is 23.2. The summed E-state index contributed by atoms with van der Waals surface area (Å²) in [6.45, 7) is 0.870. The molecule has 1 N–H and O–H groups in total. The van der Waals surface area contributed by atoms with Crippen molar-refractivity contribution in [2.75, 3.05) is 18.9 Å². The van der Waals surface area contributed by atoms with Gasteiger partial charge in [-0.15, -0.1) is 0 Å². The molecule has 5 heteroatoms. The molecule has 2 heterocycles. The van der Waals surface area contributed by atoms with Gasteiger partial charge in [0.25, 0.3) is 5.91 Å². The number of amides is 1. The fourth-order valence-electron chi connectivity index (χ4n) is 3.59. The number of nitrogens with one attached hydrogen (secondary N) is 1. The molecule has 20 heavy (non-hydrogen) atoms. The van der Waals surface area contributed by atoms with E-state index in [9.17, 15) is 4.79 Å². The van der Waals surface area contributed by atoms with Crippen molar-refractivity contribution in [1.29, 1.82) is 0 Å². The van der Waals surface area contributed by atoms with Crippen LogP contribution < -0.4 is 5.32 Å². The van der Waals surface area contributed by atoms with Crippen molar-refractivity contribution in [3.8, 4) is 0 Å². The molecule has 1 aliphatic heterocycles. The van der Waals surface area contributed by atoms with Crippen LogP contribution in [0.15, 0.2) is 12.4 Å². The van der Waals surface area contributed by atoms with E-state index >= 15 is 0 Å². The molecule has 3 rings (SSSR count). The van der Waals surface area contributed by atoms with Gasteiger partial charge in [0, 0.05) is 19.6 Å². The van der Waals surface area contributed by atoms with E-state index < -0.39 is 0 Å². The van der Waals surface area contributed by atoms with E-state index in [4.69, 9.17) is 0 Å². The van der Waals surface area contributed by atoms with Gasteiger partial charge in [-0.3, -0.25) is 4.79 Å². The number of rotatable bonds is 3. The van der Waals surface area contributed by atoms with E-state index in [1.807, 2.05) is 4.90 Å². The van der Waals surface area contributed by atoms with Crippen LogP contribution in [0.2, 0.25) is 0 Å².